The summed E-state index contributed by atoms with van der Waals surface area (Å²) in [6.45, 7) is 30.6. The van der Waals surface area contributed by atoms with Crippen molar-refractivity contribution in [1.29, 1.82) is 0 Å². The number of ether oxygens (including phenoxy) is 4. The van der Waals surface area contributed by atoms with E-state index < -0.39 is 29.7 Å². The van der Waals surface area contributed by atoms with Gasteiger partial charge < -0.3 is 34.3 Å². The standard InChI is InChI=1S/C40H60N2O6.C2H4O2.Co/c1-35(2,3)26-16-24(31(43)28(18-26)37(7,8)9)20-41-23-40(34(45-15)33-30(22-46-40)47-39(13,14)48-33)42-21-25-17-27(36(4,5)6)19-29(32(25)44)38(10,11)12;1-2(3)4;/h16-21,30,33-34,43-44H,22-23H2,1-15H3;1H3,(H,3,4);/b41-20?,42-21+;;/t30-,33?,34?,40?;;/m0../s1. The van der Waals surface area contributed by atoms with E-state index in [0.717, 1.165) is 29.2 Å². The van der Waals surface area contributed by atoms with Crippen LogP contribution in [0.25, 0.3) is 0 Å². The van der Waals surface area contributed by atoms with E-state index in [2.05, 4.69) is 95.2 Å². The van der Waals surface area contributed by atoms with Crippen LogP contribution in [0.5, 0.6) is 11.5 Å². The van der Waals surface area contributed by atoms with E-state index in [9.17, 15) is 10.2 Å². The first kappa shape index (κ1) is 46.4. The summed E-state index contributed by atoms with van der Waals surface area (Å²) in [4.78, 5) is 19.0. The number of carboxylic acids is 1. The third-order valence-corrected chi connectivity index (χ3v) is 9.31. The summed E-state index contributed by atoms with van der Waals surface area (Å²) < 4.78 is 25.2. The Bertz CT molecular complexity index is 1650. The molecule has 4 rings (SSSR count). The number of fused-ring (bicyclic) bond motifs is 1. The van der Waals surface area contributed by atoms with E-state index in [1.54, 1.807) is 19.5 Å². The van der Waals surface area contributed by atoms with Crippen LogP contribution in [-0.2, 0) is 62.2 Å². The molecular weight excluding hydrogens is 719 g/mol. The van der Waals surface area contributed by atoms with Gasteiger partial charge in [-0.05, 0) is 58.8 Å². The average molecular weight is 784 g/mol. The van der Waals surface area contributed by atoms with Gasteiger partial charge in [-0.1, -0.05) is 95.2 Å². The van der Waals surface area contributed by atoms with Crippen molar-refractivity contribution in [3.05, 3.63) is 57.6 Å². The Morgan fingerprint density at radius 3 is 1.64 bits per heavy atom. The molecule has 3 N–H and O–H groups in total. The molecule has 3 unspecified atom stereocenters. The van der Waals surface area contributed by atoms with Gasteiger partial charge in [0.15, 0.2) is 5.79 Å². The van der Waals surface area contributed by atoms with Crippen LogP contribution in [-0.4, -0.2) is 83.8 Å². The third kappa shape index (κ3) is 11.4. The second kappa shape index (κ2) is 16.5. The minimum atomic E-state index is -1.31. The van der Waals surface area contributed by atoms with Gasteiger partial charge in [0, 0.05) is 65.5 Å². The zero-order valence-corrected chi connectivity index (χ0v) is 35.8. The Kier molecular flexibility index (Phi) is 14.4. The molecule has 2 aliphatic rings. The molecule has 0 aliphatic carbocycles. The second-order valence-corrected chi connectivity index (χ2v) is 18.6. The van der Waals surface area contributed by atoms with Crippen molar-refractivity contribution >= 4 is 18.4 Å². The van der Waals surface area contributed by atoms with Gasteiger partial charge in [-0.3, -0.25) is 14.8 Å². The van der Waals surface area contributed by atoms with Crippen LogP contribution in [0.15, 0.2) is 34.3 Å². The number of aliphatic imine (C=N–C) groups is 2. The summed E-state index contributed by atoms with van der Waals surface area (Å²) >= 11 is 0. The van der Waals surface area contributed by atoms with Gasteiger partial charge in [0.05, 0.1) is 13.2 Å². The molecule has 2 heterocycles. The summed E-state index contributed by atoms with van der Waals surface area (Å²) in [5.74, 6) is -1.26. The fraction of sp³-hybridized carbons (Fsp3) is 0.643. The van der Waals surface area contributed by atoms with E-state index >= 15 is 0 Å². The average Bonchev–Trinajstić information content (AvgIpc) is 3.28. The van der Waals surface area contributed by atoms with E-state index in [0.29, 0.717) is 11.1 Å². The minimum Gasteiger partial charge on any atom is -0.507 e. The summed E-state index contributed by atoms with van der Waals surface area (Å²) in [5.41, 5.74) is 2.94. The topological polar surface area (TPSA) is 139 Å². The minimum absolute atomic E-state index is 0. The molecular formula is C42H64CoN2O8. The van der Waals surface area contributed by atoms with Crippen molar-refractivity contribution in [2.75, 3.05) is 20.3 Å². The molecule has 2 aromatic rings. The van der Waals surface area contributed by atoms with Crippen LogP contribution in [0.2, 0.25) is 0 Å². The quantitative estimate of drug-likeness (QED) is 0.250. The first-order chi connectivity index (χ1) is 23.5. The maximum absolute atomic E-state index is 11.5. The maximum Gasteiger partial charge on any atom is 0.300 e. The van der Waals surface area contributed by atoms with Crippen LogP contribution in [0, 0.1) is 0 Å². The van der Waals surface area contributed by atoms with E-state index in [1.165, 1.54) is 0 Å². The largest absolute Gasteiger partial charge is 0.507 e. The Hall–Kier alpha value is -2.80. The molecule has 11 heteroatoms. The Balaban J connectivity index is 0.00000185. The Morgan fingerprint density at radius 1 is 0.811 bits per heavy atom. The van der Waals surface area contributed by atoms with Crippen molar-refractivity contribution in [1.82, 2.24) is 0 Å². The number of hydrogen-bond donors (Lipinski definition) is 3. The molecule has 0 bridgehead atoms. The number of hydrogen-bond acceptors (Lipinski definition) is 9. The number of rotatable bonds is 6. The van der Waals surface area contributed by atoms with Gasteiger partial charge in [-0.2, -0.15) is 0 Å². The molecule has 0 amide bonds. The normalized spacial score (nSPS) is 23.4. The van der Waals surface area contributed by atoms with Gasteiger partial charge in [-0.25, -0.2) is 0 Å². The summed E-state index contributed by atoms with van der Waals surface area (Å²) in [6.07, 6.45) is 1.89. The van der Waals surface area contributed by atoms with Crippen LogP contribution >= 0.6 is 0 Å². The van der Waals surface area contributed by atoms with Gasteiger partial charge in [-0.15, -0.1) is 0 Å². The predicted molar refractivity (Wildman–Crippen MR) is 208 cm³/mol. The smallest absolute Gasteiger partial charge is 0.300 e. The number of phenolic OH excluding ortho intramolecular Hbond substituents is 2. The van der Waals surface area contributed by atoms with E-state index in [1.807, 2.05) is 26.0 Å². The molecule has 299 valence electrons. The van der Waals surface area contributed by atoms with Crippen LogP contribution < -0.4 is 0 Å². The Labute approximate surface area is 328 Å². The molecule has 0 aromatic heterocycles. The third-order valence-electron chi connectivity index (χ3n) is 9.31. The maximum atomic E-state index is 11.5. The molecule has 1 radical (unpaired) electrons. The van der Waals surface area contributed by atoms with Crippen molar-refractivity contribution in [2.45, 2.75) is 155 Å². The number of carboxylic acid groups (broad SMARTS) is 1. The molecule has 0 spiro atoms. The predicted octanol–water partition coefficient (Wildman–Crippen LogP) is 8.18. The van der Waals surface area contributed by atoms with Crippen molar-refractivity contribution in [3.8, 4) is 11.5 Å². The van der Waals surface area contributed by atoms with Crippen LogP contribution in [0.1, 0.15) is 137 Å². The number of benzene rings is 2. The molecule has 2 fully saturated rings. The molecule has 2 saturated heterocycles. The summed E-state index contributed by atoms with van der Waals surface area (Å²) in [6, 6.07) is 8.16. The number of aromatic hydroxyl groups is 2. The number of methoxy groups -OCH3 is 1. The zero-order chi connectivity index (χ0) is 39.8. The van der Waals surface area contributed by atoms with Gasteiger partial charge in [0.2, 0.25) is 5.72 Å². The number of nitrogens with zero attached hydrogens (tertiary/aromatic N) is 2. The Morgan fingerprint density at radius 2 is 1.25 bits per heavy atom. The first-order valence-electron chi connectivity index (χ1n) is 18.1. The number of phenols is 2. The monoisotopic (exact) mass is 783 g/mol. The first-order valence-corrected chi connectivity index (χ1v) is 18.1. The molecule has 2 aliphatic heterocycles. The van der Waals surface area contributed by atoms with Gasteiger partial charge in [0.25, 0.3) is 5.97 Å². The molecule has 2 aromatic carbocycles. The zero-order valence-electron chi connectivity index (χ0n) is 34.7. The molecule has 4 atom stereocenters. The summed E-state index contributed by atoms with van der Waals surface area (Å²) in [7, 11) is 1.61. The fourth-order valence-corrected chi connectivity index (χ4v) is 6.39. The SMILES string of the molecule is CC(=O)O.COC1C2OC(C)(C)O[C@H]2COC1(CN=Cc1cc(C(C)(C)C)cc(C(C)(C)C)c1O)/N=C/c1cc(C(C)(C)C)cc(C(C)(C)C)c1O.[Co]. The molecule has 53 heavy (non-hydrogen) atoms. The van der Waals surface area contributed by atoms with E-state index in [4.69, 9.17) is 38.8 Å². The number of carbonyl (C=O) groups is 1. The van der Waals surface area contributed by atoms with Gasteiger partial charge in [0.1, 0.15) is 29.8 Å². The van der Waals surface area contributed by atoms with Crippen molar-refractivity contribution in [2.24, 2.45) is 9.98 Å². The molecule has 10 nitrogen and oxygen atoms in total. The van der Waals surface area contributed by atoms with E-state index in [-0.39, 0.29) is 69.2 Å². The number of aliphatic carboxylic acids is 1. The van der Waals surface area contributed by atoms with Gasteiger partial charge >= 0.3 is 0 Å². The molecule has 0 saturated carbocycles. The van der Waals surface area contributed by atoms with Crippen LogP contribution in [0.4, 0.5) is 0 Å². The second-order valence-electron chi connectivity index (χ2n) is 18.6. The summed E-state index contributed by atoms with van der Waals surface area (Å²) in [5, 5.41) is 30.4. The van der Waals surface area contributed by atoms with Crippen LogP contribution in [0.3, 0.4) is 0 Å². The fourth-order valence-electron chi connectivity index (χ4n) is 6.39. The van der Waals surface area contributed by atoms with Crippen molar-refractivity contribution in [3.63, 3.8) is 0 Å². The van der Waals surface area contributed by atoms with Crippen molar-refractivity contribution < 1.29 is 55.8 Å².